The van der Waals surface area contributed by atoms with E-state index in [-0.39, 0.29) is 12.0 Å². The van der Waals surface area contributed by atoms with Crippen LogP contribution in [0.1, 0.15) is 24.3 Å². The molecule has 0 unspecified atom stereocenters. The van der Waals surface area contributed by atoms with E-state index in [0.29, 0.717) is 51.0 Å². The number of aromatic nitrogens is 2. The minimum absolute atomic E-state index is 0.189. The first kappa shape index (κ1) is 20.4. The van der Waals surface area contributed by atoms with Crippen molar-refractivity contribution < 1.29 is 19.1 Å². The summed E-state index contributed by atoms with van der Waals surface area (Å²) in [6, 6.07) is 9.01. The lowest BCUT2D eigenvalue weighted by Crippen LogP contribution is -2.50. The van der Waals surface area contributed by atoms with Crippen LogP contribution in [0.2, 0.25) is 0 Å². The van der Waals surface area contributed by atoms with E-state index in [1.165, 1.54) is 0 Å². The Morgan fingerprint density at radius 2 is 1.69 bits per heavy atom. The zero-order chi connectivity index (χ0) is 20.6. The fourth-order valence-electron chi connectivity index (χ4n) is 2.94. The summed E-state index contributed by atoms with van der Waals surface area (Å²) in [6.45, 7) is 6.38. The molecule has 154 valence electrons. The van der Waals surface area contributed by atoms with E-state index < -0.39 is 0 Å². The molecule has 1 aliphatic rings. The van der Waals surface area contributed by atoms with Crippen molar-refractivity contribution in [3.8, 4) is 5.75 Å². The van der Waals surface area contributed by atoms with Gasteiger partial charge in [-0.1, -0.05) is 0 Å². The molecular formula is C20H25N5O4. The quantitative estimate of drug-likeness (QED) is 0.797. The van der Waals surface area contributed by atoms with Gasteiger partial charge in [-0.3, -0.25) is 4.79 Å². The zero-order valence-corrected chi connectivity index (χ0v) is 16.6. The predicted octanol–water partition coefficient (Wildman–Crippen LogP) is 2.53. The van der Waals surface area contributed by atoms with Crippen molar-refractivity contribution in [1.82, 2.24) is 19.8 Å². The number of carbonyl (C=O) groups excluding carboxylic acids is 2. The minimum Gasteiger partial charge on any atom is -0.494 e. The van der Waals surface area contributed by atoms with Crippen molar-refractivity contribution >= 4 is 23.6 Å². The molecule has 0 atom stereocenters. The highest BCUT2D eigenvalue weighted by atomic mass is 16.6. The number of ether oxygens (including phenoxy) is 2. The van der Waals surface area contributed by atoms with E-state index in [1.807, 2.05) is 31.2 Å². The van der Waals surface area contributed by atoms with Crippen molar-refractivity contribution in [2.24, 2.45) is 0 Å². The molecule has 0 radical (unpaired) electrons. The predicted molar refractivity (Wildman–Crippen MR) is 107 cm³/mol. The third-order valence-corrected chi connectivity index (χ3v) is 4.39. The van der Waals surface area contributed by atoms with E-state index >= 15 is 0 Å². The summed E-state index contributed by atoms with van der Waals surface area (Å²) in [6.07, 6.45) is 1.20. The first-order valence-corrected chi connectivity index (χ1v) is 9.64. The van der Waals surface area contributed by atoms with Gasteiger partial charge in [0.25, 0.3) is 5.91 Å². The summed E-state index contributed by atoms with van der Waals surface area (Å²) in [5.74, 6) is 0.931. The number of hydrogen-bond acceptors (Lipinski definition) is 7. The first-order valence-electron chi connectivity index (χ1n) is 9.64. The van der Waals surface area contributed by atoms with Crippen molar-refractivity contribution in [2.75, 3.05) is 44.7 Å². The lowest BCUT2D eigenvalue weighted by Gasteiger charge is -2.33. The molecule has 0 bridgehead atoms. The maximum absolute atomic E-state index is 12.8. The zero-order valence-electron chi connectivity index (χ0n) is 16.6. The molecule has 2 amide bonds. The Morgan fingerprint density at radius 3 is 2.34 bits per heavy atom. The van der Waals surface area contributed by atoms with Crippen molar-refractivity contribution in [2.45, 2.75) is 13.8 Å². The molecule has 1 fully saturated rings. The Balaban J connectivity index is 1.60. The summed E-state index contributed by atoms with van der Waals surface area (Å²) < 4.78 is 10.4. The average Bonchev–Trinajstić information content (AvgIpc) is 2.75. The molecule has 1 aromatic carbocycles. The van der Waals surface area contributed by atoms with Crippen molar-refractivity contribution in [3.05, 3.63) is 42.2 Å². The van der Waals surface area contributed by atoms with Crippen LogP contribution in [0, 0.1) is 0 Å². The van der Waals surface area contributed by atoms with Gasteiger partial charge < -0.3 is 24.6 Å². The van der Waals surface area contributed by atoms with Crippen LogP contribution in [-0.2, 0) is 4.74 Å². The summed E-state index contributed by atoms with van der Waals surface area (Å²) >= 11 is 0. The SMILES string of the molecule is CCOC(=O)N1CCN(C(=O)c2ccnc(Nc3ccc(OCC)cc3)n2)CC1. The molecule has 1 saturated heterocycles. The van der Waals surface area contributed by atoms with Gasteiger partial charge in [0.15, 0.2) is 0 Å². The second-order valence-electron chi connectivity index (χ2n) is 6.33. The standard InChI is InChI=1S/C20H25N5O4/c1-3-28-16-7-5-15(6-8-16)22-19-21-10-9-17(23-19)18(26)24-11-13-25(14-12-24)20(27)29-4-2/h5-10H,3-4,11-14H2,1-2H3,(H,21,22,23). The molecule has 2 heterocycles. The van der Waals surface area contributed by atoms with Crippen LogP contribution in [0.25, 0.3) is 0 Å². The Hall–Kier alpha value is -3.36. The van der Waals surface area contributed by atoms with E-state index in [0.717, 1.165) is 11.4 Å². The largest absolute Gasteiger partial charge is 0.494 e. The number of nitrogens with zero attached hydrogens (tertiary/aromatic N) is 4. The highest BCUT2D eigenvalue weighted by Crippen LogP contribution is 2.18. The molecule has 0 spiro atoms. The van der Waals surface area contributed by atoms with Gasteiger partial charge >= 0.3 is 6.09 Å². The van der Waals surface area contributed by atoms with Gasteiger partial charge in [-0.25, -0.2) is 14.8 Å². The van der Waals surface area contributed by atoms with E-state index in [2.05, 4.69) is 15.3 Å². The maximum Gasteiger partial charge on any atom is 0.409 e. The Morgan fingerprint density at radius 1 is 1.00 bits per heavy atom. The molecular weight excluding hydrogens is 374 g/mol. The van der Waals surface area contributed by atoms with Gasteiger partial charge in [-0.15, -0.1) is 0 Å². The Kier molecular flexibility index (Phi) is 6.83. The molecule has 0 saturated carbocycles. The van der Waals surface area contributed by atoms with Gasteiger partial charge in [-0.2, -0.15) is 0 Å². The second-order valence-corrected chi connectivity index (χ2v) is 6.33. The Labute approximate surface area is 169 Å². The van der Waals surface area contributed by atoms with Gasteiger partial charge in [0.1, 0.15) is 11.4 Å². The molecule has 9 heteroatoms. The number of amides is 2. The van der Waals surface area contributed by atoms with Crippen LogP contribution in [-0.4, -0.2) is 71.2 Å². The highest BCUT2D eigenvalue weighted by Gasteiger charge is 2.26. The second kappa shape index (κ2) is 9.72. The summed E-state index contributed by atoms with van der Waals surface area (Å²) in [5, 5.41) is 3.09. The molecule has 29 heavy (non-hydrogen) atoms. The summed E-state index contributed by atoms with van der Waals surface area (Å²) in [7, 11) is 0. The van der Waals surface area contributed by atoms with Crippen LogP contribution < -0.4 is 10.1 Å². The molecule has 3 rings (SSSR count). The lowest BCUT2D eigenvalue weighted by molar-refractivity contribution is 0.0566. The van der Waals surface area contributed by atoms with Crippen molar-refractivity contribution in [3.63, 3.8) is 0 Å². The average molecular weight is 399 g/mol. The Bertz CT molecular complexity index is 835. The van der Waals surface area contributed by atoms with Gasteiger partial charge in [0.05, 0.1) is 13.2 Å². The monoisotopic (exact) mass is 399 g/mol. The fourth-order valence-corrected chi connectivity index (χ4v) is 2.94. The number of anilines is 2. The molecule has 0 aliphatic carbocycles. The lowest BCUT2D eigenvalue weighted by atomic mass is 10.2. The van der Waals surface area contributed by atoms with E-state index in [4.69, 9.17) is 9.47 Å². The third kappa shape index (κ3) is 5.34. The molecule has 1 aromatic heterocycles. The van der Waals surface area contributed by atoms with Crippen LogP contribution in [0.5, 0.6) is 5.75 Å². The van der Waals surface area contributed by atoms with E-state index in [1.54, 1.807) is 29.0 Å². The van der Waals surface area contributed by atoms with Crippen LogP contribution >= 0.6 is 0 Å². The van der Waals surface area contributed by atoms with Crippen LogP contribution in [0.15, 0.2) is 36.5 Å². The number of rotatable bonds is 6. The smallest absolute Gasteiger partial charge is 0.409 e. The van der Waals surface area contributed by atoms with Gasteiger partial charge in [0.2, 0.25) is 5.95 Å². The molecule has 9 nitrogen and oxygen atoms in total. The normalized spacial score (nSPS) is 13.7. The number of piperazine rings is 1. The minimum atomic E-state index is -0.344. The summed E-state index contributed by atoms with van der Waals surface area (Å²) in [5.41, 5.74) is 1.10. The van der Waals surface area contributed by atoms with Gasteiger partial charge in [-0.05, 0) is 44.2 Å². The first-order chi connectivity index (χ1) is 14.1. The van der Waals surface area contributed by atoms with Crippen molar-refractivity contribution in [1.29, 1.82) is 0 Å². The van der Waals surface area contributed by atoms with Crippen LogP contribution in [0.4, 0.5) is 16.4 Å². The highest BCUT2D eigenvalue weighted by molar-refractivity contribution is 5.92. The number of hydrogen-bond donors (Lipinski definition) is 1. The van der Waals surface area contributed by atoms with E-state index in [9.17, 15) is 9.59 Å². The maximum atomic E-state index is 12.8. The summed E-state index contributed by atoms with van der Waals surface area (Å²) in [4.78, 5) is 36.4. The number of carbonyl (C=O) groups is 2. The molecule has 1 aliphatic heterocycles. The van der Waals surface area contributed by atoms with Gasteiger partial charge in [0, 0.05) is 38.1 Å². The van der Waals surface area contributed by atoms with Crippen LogP contribution in [0.3, 0.4) is 0 Å². The fraction of sp³-hybridized carbons (Fsp3) is 0.400. The molecule has 2 aromatic rings. The number of benzene rings is 1. The topological polar surface area (TPSA) is 96.9 Å². The molecule has 1 N–H and O–H groups in total. The number of nitrogens with one attached hydrogen (secondary N) is 1. The third-order valence-electron chi connectivity index (χ3n) is 4.39.